The lowest BCUT2D eigenvalue weighted by Crippen LogP contribution is -2.64. The van der Waals surface area contributed by atoms with Crippen LogP contribution in [0.5, 0.6) is 5.75 Å². The van der Waals surface area contributed by atoms with Gasteiger partial charge in [-0.2, -0.15) is 0 Å². The van der Waals surface area contributed by atoms with E-state index in [4.69, 9.17) is 15.2 Å². The fourth-order valence-electron chi connectivity index (χ4n) is 13.7. The summed E-state index contributed by atoms with van der Waals surface area (Å²) in [5, 5.41) is 33.9. The number of aromatic nitrogens is 1. The molecule has 28 heteroatoms. The van der Waals surface area contributed by atoms with E-state index in [0.29, 0.717) is 64.6 Å². The van der Waals surface area contributed by atoms with Gasteiger partial charge in [-0.1, -0.05) is 72.8 Å². The van der Waals surface area contributed by atoms with Crippen molar-refractivity contribution in [3.8, 4) is 5.75 Å². The Labute approximate surface area is 584 Å². The molecule has 0 aliphatic carbocycles. The Morgan fingerprint density at radius 3 is 2.20 bits per heavy atom. The van der Waals surface area contributed by atoms with Crippen LogP contribution < -0.4 is 53.0 Å². The van der Waals surface area contributed by atoms with Gasteiger partial charge in [0.25, 0.3) is 0 Å². The average molecular weight is 1390 g/mol. The number of ether oxygens (including phenoxy) is 2. The summed E-state index contributed by atoms with van der Waals surface area (Å²) in [5.74, 6) is -8.42. The maximum atomic E-state index is 16.0. The van der Waals surface area contributed by atoms with E-state index in [1.54, 1.807) is 72.6 Å². The number of fused-ring (bicyclic) bond motifs is 16. The number of hydrogen-bond donors (Lipinski definition) is 10. The van der Waals surface area contributed by atoms with Gasteiger partial charge in [0.15, 0.2) is 0 Å². The van der Waals surface area contributed by atoms with Gasteiger partial charge in [-0.15, -0.1) is 0 Å². The van der Waals surface area contributed by atoms with E-state index < -0.39 is 138 Å². The number of benzene rings is 4. The lowest BCUT2D eigenvalue weighted by molar-refractivity contribution is -0.148. The van der Waals surface area contributed by atoms with Crippen molar-refractivity contribution in [1.82, 2.24) is 61.8 Å². The highest BCUT2D eigenvalue weighted by Crippen LogP contribution is 2.32. The first-order valence-electron chi connectivity index (χ1n) is 34.5. The van der Waals surface area contributed by atoms with Crippen LogP contribution in [-0.4, -0.2) is 196 Å². The second-order valence-electron chi connectivity index (χ2n) is 26.8. The number of nitrogens with one attached hydrogen (secondary N) is 8. The van der Waals surface area contributed by atoms with Crippen LogP contribution in [0, 0.1) is 5.82 Å². The van der Waals surface area contributed by atoms with Crippen molar-refractivity contribution in [1.29, 1.82) is 0 Å². The molecule has 2 saturated heterocycles. The summed E-state index contributed by atoms with van der Waals surface area (Å²) in [6, 6.07) is 14.3. The molecule has 4 aromatic carbocycles. The first-order chi connectivity index (χ1) is 48.5. The third kappa shape index (κ3) is 18.3. The highest BCUT2D eigenvalue weighted by Gasteiger charge is 2.50. The van der Waals surface area contributed by atoms with Crippen molar-refractivity contribution < 1.29 is 71.7 Å². The smallest absolute Gasteiger partial charge is 0.246 e. The molecule has 27 nitrogen and oxygen atoms in total. The number of nitrogens with zero attached hydrogens (tertiary/aromatic N) is 4. The number of aliphatic hydroxyl groups excluding tert-OH is 1. The van der Waals surface area contributed by atoms with Crippen LogP contribution >= 0.6 is 0 Å². The molecule has 10 atom stereocenters. The number of rotatable bonds is 5. The Hall–Kier alpha value is -10.1. The number of methoxy groups -OCH3 is 1. The lowest BCUT2D eigenvalue weighted by Gasteiger charge is -2.37. The van der Waals surface area contributed by atoms with E-state index >= 15 is 28.4 Å². The predicted octanol–water partition coefficient (Wildman–Crippen LogP) is 0.913. The van der Waals surface area contributed by atoms with Crippen LogP contribution in [0.1, 0.15) is 99.1 Å². The Morgan fingerprint density at radius 1 is 0.703 bits per heavy atom. The Kier molecular flexibility index (Phi) is 24.4. The largest absolute Gasteiger partial charge is 0.497 e. The number of carbonyl (C=O) groups is 11. The molecule has 5 aromatic rings. The molecule has 6 aliphatic rings. The molecule has 7 heterocycles. The molecule has 538 valence electrons. The van der Waals surface area contributed by atoms with Gasteiger partial charge >= 0.3 is 0 Å². The molecule has 1 unspecified atom stereocenters. The molecule has 11 amide bonds. The van der Waals surface area contributed by atoms with Gasteiger partial charge in [-0.3, -0.25) is 52.7 Å². The van der Waals surface area contributed by atoms with Crippen LogP contribution in [0.15, 0.2) is 109 Å². The van der Waals surface area contributed by atoms with Gasteiger partial charge in [-0.05, 0) is 123 Å². The standard InChI is InChI=1S/C73H90FN13O14/c1-43-65(92)82-57(38-75)67(94)79-54-35-48-11-9-12-49(33-48)39-77-61(90)42-101-59-26-32-86-64(59)69(96)83-63(44(2)88)68(95)81-55(34-46-17-20-52(100-4)21-18-46)71(98)87-31-10-27-73(87,3)72(99)76-28-25-45-13-15-47(16-14-45)40-85(62(91)24-23-60(89)78-43)30-8-6-5-7-29-84-41-50(36-56(70(86)97)80-66(54)93)53-37-51(74)19-22-58(53)84/h5,7,9,11-22,33,37,41,43-44,54-57,59,63-64,88H,6,8,10,23-32,34-36,38-40,42,75H2,1-4H3,(H,76,99)(H,77,90)(H,78,89)(H,79,94)(H,80,93)(H,81,95)(H,82,92)(H,83,96)/t43-,44+,54?,55-,56-,57+,59-,63-,64-,73-/m0/s1. The van der Waals surface area contributed by atoms with Gasteiger partial charge < -0.3 is 82.1 Å². The number of nitrogens with two attached hydrogens (primary N) is 1. The second kappa shape index (κ2) is 33.4. The molecule has 12 bridgehead atoms. The van der Waals surface area contributed by atoms with Crippen molar-refractivity contribution in [2.24, 2.45) is 5.73 Å². The molecular formula is C73H90FN13O14. The summed E-state index contributed by atoms with van der Waals surface area (Å²) in [6.07, 6.45) is 3.32. The van der Waals surface area contributed by atoms with Crippen LogP contribution in [0.25, 0.3) is 10.9 Å². The highest BCUT2D eigenvalue weighted by atomic mass is 19.1. The minimum Gasteiger partial charge on any atom is -0.497 e. The summed E-state index contributed by atoms with van der Waals surface area (Å²) in [5.41, 5.74) is 8.93. The average Bonchev–Trinajstić information content (AvgIpc) is 1.71. The Bertz CT molecular complexity index is 3940. The summed E-state index contributed by atoms with van der Waals surface area (Å²) in [7, 11) is 1.49. The van der Waals surface area contributed by atoms with Crippen LogP contribution in [-0.2, 0) is 103 Å². The SMILES string of the molecule is COc1ccc(C[C@@H]2NC(=O)[C@H]([C@@H](C)O)NC(=O)[C@@H]3[C@@H]4CCN3C(=O)[C@@H]3Cc5cn(c6ccc(F)cc56)CC=CCCCN(Cc5ccc(cc5)CCNC(=O)[C@]5(C)CCCN5C2=O)C(=O)CCC(=O)N[C@@H](C)C(=O)N[C@H](CN)C(=O)NC(Cc2cccc(c2)CNC(=O)CO4)C(=O)N3)cc1. The van der Waals surface area contributed by atoms with Gasteiger partial charge in [-0.25, -0.2) is 4.39 Å². The van der Waals surface area contributed by atoms with Crippen molar-refractivity contribution in [3.05, 3.63) is 149 Å². The normalized spacial score (nSPS) is 26.0. The molecule has 0 radical (unpaired) electrons. The molecule has 6 aliphatic heterocycles. The third-order valence-electron chi connectivity index (χ3n) is 19.4. The van der Waals surface area contributed by atoms with Crippen molar-refractivity contribution in [2.45, 2.75) is 171 Å². The highest BCUT2D eigenvalue weighted by molar-refractivity contribution is 6.00. The van der Waals surface area contributed by atoms with Crippen LogP contribution in [0.4, 0.5) is 4.39 Å². The number of allylic oxidation sites excluding steroid dienone is 2. The maximum absolute atomic E-state index is 16.0. The molecule has 11 N–H and O–H groups in total. The minimum atomic E-state index is -1.84. The third-order valence-corrected chi connectivity index (χ3v) is 19.4. The zero-order valence-corrected chi connectivity index (χ0v) is 57.2. The second-order valence-corrected chi connectivity index (χ2v) is 26.8. The summed E-state index contributed by atoms with van der Waals surface area (Å²) < 4.78 is 29.1. The van der Waals surface area contributed by atoms with E-state index in [1.807, 2.05) is 41.0 Å². The first kappa shape index (κ1) is 73.7. The maximum Gasteiger partial charge on any atom is 0.246 e. The zero-order valence-electron chi connectivity index (χ0n) is 57.2. The number of carbonyl (C=O) groups excluding carboxylic acids is 11. The molecule has 0 spiro atoms. The van der Waals surface area contributed by atoms with Crippen molar-refractivity contribution in [2.75, 3.05) is 46.4 Å². The lowest BCUT2D eigenvalue weighted by atomic mass is 9.95. The Balaban J connectivity index is 1.09. The quantitative estimate of drug-likeness (QED) is 0.109. The number of aliphatic hydroxyl groups is 1. The van der Waals surface area contributed by atoms with E-state index in [9.17, 15) is 33.9 Å². The van der Waals surface area contributed by atoms with Gasteiger partial charge in [0.05, 0.1) is 19.3 Å². The first-order valence-corrected chi connectivity index (χ1v) is 34.5. The van der Waals surface area contributed by atoms with E-state index in [-0.39, 0.29) is 96.7 Å². The summed E-state index contributed by atoms with van der Waals surface area (Å²) in [4.78, 5) is 166. The van der Waals surface area contributed by atoms with Crippen molar-refractivity contribution in [3.63, 3.8) is 0 Å². The number of amides is 11. The van der Waals surface area contributed by atoms with Crippen LogP contribution in [0.3, 0.4) is 0 Å². The molecule has 11 rings (SSSR count). The molecule has 2 fully saturated rings. The predicted molar refractivity (Wildman–Crippen MR) is 368 cm³/mol. The number of hydrogen-bond acceptors (Lipinski definition) is 15. The van der Waals surface area contributed by atoms with Gasteiger partial charge in [0.2, 0.25) is 65.0 Å². The molecule has 1 aromatic heterocycles. The fourth-order valence-corrected chi connectivity index (χ4v) is 13.7. The monoisotopic (exact) mass is 1390 g/mol. The van der Waals surface area contributed by atoms with Crippen LogP contribution in [0.2, 0.25) is 0 Å². The summed E-state index contributed by atoms with van der Waals surface area (Å²) in [6.45, 7) is 3.86. The zero-order chi connectivity index (χ0) is 72.1. The minimum absolute atomic E-state index is 0.0541. The van der Waals surface area contributed by atoms with E-state index in [1.165, 1.54) is 38.0 Å². The van der Waals surface area contributed by atoms with E-state index in [2.05, 4.69) is 42.5 Å². The summed E-state index contributed by atoms with van der Waals surface area (Å²) >= 11 is 0. The molecule has 0 saturated carbocycles. The van der Waals surface area contributed by atoms with Gasteiger partial charge in [0, 0.05) is 102 Å². The van der Waals surface area contributed by atoms with Crippen molar-refractivity contribution >= 4 is 75.9 Å². The van der Waals surface area contributed by atoms with E-state index in [0.717, 1.165) is 16.0 Å². The Morgan fingerprint density at radius 2 is 1.45 bits per heavy atom. The van der Waals surface area contributed by atoms with Gasteiger partial charge in [0.1, 0.15) is 66.0 Å². The fraction of sp³-hybridized carbons (Fsp3) is 0.466. The topological polar surface area (TPSA) is 363 Å². The molecule has 101 heavy (non-hydrogen) atoms. The number of halogens is 1. The molecular weight excluding hydrogens is 1300 g/mol.